The molecule has 0 aliphatic carbocycles. The highest BCUT2D eigenvalue weighted by Gasteiger charge is 2.15. The molecule has 0 aliphatic rings. The van der Waals surface area contributed by atoms with E-state index in [0.29, 0.717) is 11.6 Å². The maximum atomic E-state index is 6.28. The van der Waals surface area contributed by atoms with E-state index >= 15 is 0 Å². The van der Waals surface area contributed by atoms with E-state index < -0.39 is 0 Å². The second kappa shape index (κ2) is 10.1. The molecule has 0 radical (unpaired) electrons. The molecule has 5 aromatic heterocycles. The van der Waals surface area contributed by atoms with Gasteiger partial charge in [-0.2, -0.15) is 0 Å². The van der Waals surface area contributed by atoms with Gasteiger partial charge in [0.05, 0.1) is 16.7 Å². The van der Waals surface area contributed by atoms with Crippen LogP contribution in [0.5, 0.6) is 0 Å². The largest absolute Gasteiger partial charge is 0.456 e. The topological polar surface area (TPSA) is 90.5 Å². The van der Waals surface area contributed by atoms with E-state index in [1.165, 1.54) is 0 Å². The van der Waals surface area contributed by atoms with Gasteiger partial charge in [-0.3, -0.25) is 9.97 Å². The standard InChI is InChI=1S/C38H22N6O/c1-2-6-31-28(5-1)36(44-38(42-31)32-7-3-4-16-40-32)26-11-13-35-30(20-26)29-19-24(10-12-34(29)45-35)25-8-9-27-22-41-37(43-33(27)21-25)23-14-17-39-18-15-23/h1-22H. The van der Waals surface area contributed by atoms with Crippen molar-refractivity contribution in [2.45, 2.75) is 0 Å². The monoisotopic (exact) mass is 578 g/mol. The van der Waals surface area contributed by atoms with Crippen LogP contribution in [0.2, 0.25) is 0 Å². The highest BCUT2D eigenvalue weighted by atomic mass is 16.3. The molecular weight excluding hydrogens is 556 g/mol. The van der Waals surface area contributed by atoms with Gasteiger partial charge in [-0.15, -0.1) is 0 Å². The summed E-state index contributed by atoms with van der Waals surface area (Å²) < 4.78 is 6.28. The van der Waals surface area contributed by atoms with Crippen molar-refractivity contribution in [2.75, 3.05) is 0 Å². The third-order valence-corrected chi connectivity index (χ3v) is 8.09. The van der Waals surface area contributed by atoms with E-state index in [4.69, 9.17) is 19.4 Å². The molecule has 7 heteroatoms. The van der Waals surface area contributed by atoms with E-state index in [2.05, 4.69) is 63.5 Å². The first kappa shape index (κ1) is 25.2. The molecule has 45 heavy (non-hydrogen) atoms. The van der Waals surface area contributed by atoms with Crippen LogP contribution in [-0.4, -0.2) is 29.9 Å². The maximum Gasteiger partial charge on any atom is 0.179 e. The summed E-state index contributed by atoms with van der Waals surface area (Å²) in [5.41, 5.74) is 9.05. The minimum atomic E-state index is 0.593. The summed E-state index contributed by atoms with van der Waals surface area (Å²) in [6, 6.07) is 36.5. The normalized spacial score (nSPS) is 11.6. The van der Waals surface area contributed by atoms with Gasteiger partial charge in [0.25, 0.3) is 0 Å². The Morgan fingerprint density at radius 3 is 2.04 bits per heavy atom. The van der Waals surface area contributed by atoms with Gasteiger partial charge in [-0.25, -0.2) is 19.9 Å². The molecule has 0 saturated heterocycles. The van der Waals surface area contributed by atoms with Gasteiger partial charge in [0, 0.05) is 57.5 Å². The lowest BCUT2D eigenvalue weighted by Gasteiger charge is -2.09. The highest BCUT2D eigenvalue weighted by Crippen LogP contribution is 2.37. The average molecular weight is 579 g/mol. The Labute approximate surface area is 256 Å². The second-order valence-electron chi connectivity index (χ2n) is 10.9. The van der Waals surface area contributed by atoms with Gasteiger partial charge < -0.3 is 4.42 Å². The van der Waals surface area contributed by atoms with Gasteiger partial charge in [-0.1, -0.05) is 42.5 Å². The zero-order valence-electron chi connectivity index (χ0n) is 23.8. The molecule has 9 rings (SSSR count). The first-order valence-electron chi connectivity index (χ1n) is 14.6. The van der Waals surface area contributed by atoms with E-state index in [0.717, 1.165) is 77.4 Å². The predicted octanol–water partition coefficient (Wildman–Crippen LogP) is 8.93. The van der Waals surface area contributed by atoms with Crippen LogP contribution in [0.4, 0.5) is 0 Å². The number of furan rings is 1. The molecule has 0 fully saturated rings. The smallest absolute Gasteiger partial charge is 0.179 e. The van der Waals surface area contributed by atoms with Crippen molar-refractivity contribution in [3.63, 3.8) is 0 Å². The molecule has 0 N–H and O–H groups in total. The summed E-state index contributed by atoms with van der Waals surface area (Å²) in [5.74, 6) is 1.27. The summed E-state index contributed by atoms with van der Waals surface area (Å²) in [5, 5.41) is 4.02. The highest BCUT2D eigenvalue weighted by molar-refractivity contribution is 6.08. The van der Waals surface area contributed by atoms with Crippen LogP contribution < -0.4 is 0 Å². The van der Waals surface area contributed by atoms with Crippen molar-refractivity contribution in [1.29, 1.82) is 0 Å². The van der Waals surface area contributed by atoms with Crippen molar-refractivity contribution in [3.05, 3.63) is 134 Å². The molecule has 4 aromatic carbocycles. The molecule has 0 aliphatic heterocycles. The van der Waals surface area contributed by atoms with Crippen LogP contribution in [0, 0.1) is 0 Å². The summed E-state index contributed by atoms with van der Waals surface area (Å²) >= 11 is 0. The fourth-order valence-electron chi connectivity index (χ4n) is 5.85. The zero-order chi connectivity index (χ0) is 29.7. The lowest BCUT2D eigenvalue weighted by molar-refractivity contribution is 0.669. The predicted molar refractivity (Wildman–Crippen MR) is 177 cm³/mol. The number of benzene rings is 4. The molecule has 0 unspecified atom stereocenters. The summed E-state index contributed by atoms with van der Waals surface area (Å²) in [6.07, 6.45) is 7.13. The number of rotatable bonds is 4. The Hall–Kier alpha value is -6.34. The fourth-order valence-corrected chi connectivity index (χ4v) is 5.85. The van der Waals surface area contributed by atoms with Crippen molar-refractivity contribution in [1.82, 2.24) is 29.9 Å². The number of hydrogen-bond donors (Lipinski definition) is 0. The minimum Gasteiger partial charge on any atom is -0.456 e. The third-order valence-electron chi connectivity index (χ3n) is 8.09. The maximum absolute atomic E-state index is 6.28. The average Bonchev–Trinajstić information content (AvgIpc) is 3.48. The Balaban J connectivity index is 1.18. The lowest BCUT2D eigenvalue weighted by atomic mass is 10.00. The number of para-hydroxylation sites is 1. The van der Waals surface area contributed by atoms with Crippen molar-refractivity contribution in [3.8, 4) is 45.3 Å². The Morgan fingerprint density at radius 1 is 0.467 bits per heavy atom. The number of pyridine rings is 2. The van der Waals surface area contributed by atoms with E-state index in [-0.39, 0.29) is 0 Å². The quantitative estimate of drug-likeness (QED) is 0.206. The van der Waals surface area contributed by atoms with Gasteiger partial charge in [0.2, 0.25) is 0 Å². The molecule has 7 nitrogen and oxygen atoms in total. The molecule has 0 saturated carbocycles. The van der Waals surface area contributed by atoms with E-state index in [1.54, 1.807) is 18.6 Å². The van der Waals surface area contributed by atoms with Crippen molar-refractivity contribution < 1.29 is 4.42 Å². The van der Waals surface area contributed by atoms with Crippen LogP contribution in [-0.2, 0) is 0 Å². The van der Waals surface area contributed by atoms with Crippen LogP contribution in [0.3, 0.4) is 0 Å². The SMILES string of the molecule is c1ccc(-c2nc(-c3ccc4oc5ccc(-c6ccc7cnc(-c8ccncc8)nc7c6)cc5c4c3)c3ccccc3n2)nc1. The Morgan fingerprint density at radius 2 is 1.20 bits per heavy atom. The van der Waals surface area contributed by atoms with Crippen LogP contribution in [0.15, 0.2) is 138 Å². The molecule has 0 amide bonds. The van der Waals surface area contributed by atoms with Gasteiger partial charge in [0.1, 0.15) is 16.9 Å². The van der Waals surface area contributed by atoms with Crippen LogP contribution in [0.25, 0.3) is 89.0 Å². The zero-order valence-corrected chi connectivity index (χ0v) is 23.8. The Bertz CT molecular complexity index is 2550. The molecular formula is C38H22N6O. The van der Waals surface area contributed by atoms with Gasteiger partial charge >= 0.3 is 0 Å². The minimum absolute atomic E-state index is 0.593. The number of hydrogen-bond acceptors (Lipinski definition) is 7. The molecule has 210 valence electrons. The molecule has 0 spiro atoms. The van der Waals surface area contributed by atoms with Gasteiger partial charge in [-0.05, 0) is 77.9 Å². The number of aromatic nitrogens is 6. The lowest BCUT2D eigenvalue weighted by Crippen LogP contribution is -1.96. The summed E-state index contributed by atoms with van der Waals surface area (Å²) in [6.45, 7) is 0. The first-order valence-corrected chi connectivity index (χ1v) is 14.6. The van der Waals surface area contributed by atoms with Crippen LogP contribution >= 0.6 is 0 Å². The molecule has 0 atom stereocenters. The summed E-state index contributed by atoms with van der Waals surface area (Å²) in [4.78, 5) is 27.9. The fraction of sp³-hybridized carbons (Fsp3) is 0. The van der Waals surface area contributed by atoms with Crippen molar-refractivity contribution in [2.24, 2.45) is 0 Å². The molecule has 9 aromatic rings. The van der Waals surface area contributed by atoms with Crippen LogP contribution in [0.1, 0.15) is 0 Å². The van der Waals surface area contributed by atoms with E-state index in [9.17, 15) is 0 Å². The summed E-state index contributed by atoms with van der Waals surface area (Å²) in [7, 11) is 0. The molecule has 0 bridgehead atoms. The van der Waals surface area contributed by atoms with E-state index in [1.807, 2.05) is 66.9 Å². The number of fused-ring (bicyclic) bond motifs is 5. The number of nitrogens with zero attached hydrogens (tertiary/aromatic N) is 6. The second-order valence-corrected chi connectivity index (χ2v) is 10.9. The van der Waals surface area contributed by atoms with Crippen molar-refractivity contribution >= 4 is 43.7 Å². The van der Waals surface area contributed by atoms with Gasteiger partial charge in [0.15, 0.2) is 11.6 Å². The third kappa shape index (κ3) is 4.37. The molecule has 5 heterocycles. The first-order chi connectivity index (χ1) is 22.3. The Kier molecular flexibility index (Phi) is 5.67.